The highest BCUT2D eigenvalue weighted by molar-refractivity contribution is 6.39. The first-order chi connectivity index (χ1) is 16.9. The van der Waals surface area contributed by atoms with Gasteiger partial charge in [-0.1, -0.05) is 12.1 Å². The predicted octanol–water partition coefficient (Wildman–Crippen LogP) is 3.02. The van der Waals surface area contributed by atoms with Gasteiger partial charge in [0.2, 0.25) is 0 Å². The Morgan fingerprint density at radius 3 is 2.17 bits per heavy atom. The summed E-state index contributed by atoms with van der Waals surface area (Å²) in [5, 5.41) is 6.23. The van der Waals surface area contributed by atoms with Crippen molar-refractivity contribution >= 4 is 29.7 Å². The second-order valence-corrected chi connectivity index (χ2v) is 6.88. The Kier molecular flexibility index (Phi) is 8.38. The minimum atomic E-state index is -0.968. The summed E-state index contributed by atoms with van der Waals surface area (Å²) in [6.45, 7) is 0. The summed E-state index contributed by atoms with van der Waals surface area (Å²) in [6.07, 6.45) is 1.31. The lowest BCUT2D eigenvalue weighted by atomic mass is 10.2. The lowest BCUT2D eigenvalue weighted by Gasteiger charge is -2.10. The molecule has 3 aromatic carbocycles. The summed E-state index contributed by atoms with van der Waals surface area (Å²) < 4.78 is 20.9. The number of carbonyl (C=O) groups excluding carboxylic acids is 3. The molecule has 0 fully saturated rings. The molecule has 0 aliphatic carbocycles. The Labute approximate surface area is 201 Å². The van der Waals surface area contributed by atoms with Crippen LogP contribution in [0.2, 0.25) is 0 Å². The molecule has 0 radical (unpaired) electrons. The van der Waals surface area contributed by atoms with Gasteiger partial charge in [0.1, 0.15) is 11.5 Å². The first kappa shape index (κ1) is 24.8. The van der Waals surface area contributed by atoms with Gasteiger partial charge in [-0.15, -0.1) is 0 Å². The van der Waals surface area contributed by atoms with Crippen LogP contribution in [-0.2, 0) is 9.59 Å². The molecule has 0 saturated heterocycles. The van der Waals surface area contributed by atoms with Crippen LogP contribution in [0.25, 0.3) is 0 Å². The Hall–Kier alpha value is -4.86. The molecule has 2 N–H and O–H groups in total. The molecule has 10 nitrogen and oxygen atoms in total. The van der Waals surface area contributed by atoms with E-state index in [-0.39, 0.29) is 11.5 Å². The maximum Gasteiger partial charge on any atom is 0.343 e. The number of nitrogens with zero attached hydrogens (tertiary/aromatic N) is 1. The van der Waals surface area contributed by atoms with Gasteiger partial charge in [0.15, 0.2) is 11.5 Å². The van der Waals surface area contributed by atoms with E-state index in [2.05, 4.69) is 15.8 Å². The summed E-state index contributed by atoms with van der Waals surface area (Å²) >= 11 is 0. The van der Waals surface area contributed by atoms with Gasteiger partial charge in [0.25, 0.3) is 0 Å². The molecule has 0 unspecified atom stereocenters. The van der Waals surface area contributed by atoms with Gasteiger partial charge >= 0.3 is 17.8 Å². The van der Waals surface area contributed by atoms with Crippen LogP contribution in [0.15, 0.2) is 71.8 Å². The number of hydrogen-bond acceptors (Lipinski definition) is 8. The van der Waals surface area contributed by atoms with Crippen LogP contribution in [0.4, 0.5) is 5.69 Å². The minimum Gasteiger partial charge on any atom is -0.497 e. The molecule has 0 atom stereocenters. The summed E-state index contributed by atoms with van der Waals surface area (Å²) in [7, 11) is 4.41. The molecular formula is C25H23N3O7. The Morgan fingerprint density at radius 1 is 0.771 bits per heavy atom. The number of hydrazone groups is 1. The number of carbonyl (C=O) groups is 3. The lowest BCUT2D eigenvalue weighted by Crippen LogP contribution is -2.32. The van der Waals surface area contributed by atoms with E-state index in [4.69, 9.17) is 18.9 Å². The maximum absolute atomic E-state index is 12.4. The SMILES string of the molecule is COc1ccc(C(=O)Oc2ccc(/C=N\NC(=O)C(=O)Nc3ccccc3OC)cc2OC)cc1. The van der Waals surface area contributed by atoms with E-state index in [1.54, 1.807) is 60.7 Å². The second kappa shape index (κ2) is 11.8. The average Bonchev–Trinajstić information content (AvgIpc) is 2.89. The Balaban J connectivity index is 1.61. The summed E-state index contributed by atoms with van der Waals surface area (Å²) in [5.41, 5.74) is 3.36. The largest absolute Gasteiger partial charge is 0.497 e. The molecule has 0 saturated carbocycles. The smallest absolute Gasteiger partial charge is 0.343 e. The number of esters is 1. The normalized spacial score (nSPS) is 10.4. The van der Waals surface area contributed by atoms with Crippen molar-refractivity contribution in [3.05, 3.63) is 77.9 Å². The van der Waals surface area contributed by atoms with E-state index >= 15 is 0 Å². The molecule has 0 spiro atoms. The van der Waals surface area contributed by atoms with Crippen LogP contribution in [0.3, 0.4) is 0 Å². The summed E-state index contributed by atoms with van der Waals surface area (Å²) in [6, 6.07) is 17.8. The van der Waals surface area contributed by atoms with Gasteiger partial charge in [0, 0.05) is 0 Å². The number of hydrogen-bond donors (Lipinski definition) is 2. The van der Waals surface area contributed by atoms with Crippen LogP contribution in [0, 0.1) is 0 Å². The molecule has 180 valence electrons. The van der Waals surface area contributed by atoms with Crippen molar-refractivity contribution in [3.63, 3.8) is 0 Å². The van der Waals surface area contributed by atoms with E-state index in [9.17, 15) is 14.4 Å². The maximum atomic E-state index is 12.4. The van der Waals surface area contributed by atoms with Gasteiger partial charge in [0.05, 0.1) is 38.8 Å². The van der Waals surface area contributed by atoms with Crippen molar-refractivity contribution in [2.45, 2.75) is 0 Å². The zero-order chi connectivity index (χ0) is 25.2. The van der Waals surface area contributed by atoms with E-state index in [0.29, 0.717) is 28.3 Å². The van der Waals surface area contributed by atoms with E-state index in [1.807, 2.05) is 0 Å². The van der Waals surface area contributed by atoms with Crippen molar-refractivity contribution in [2.75, 3.05) is 26.6 Å². The van der Waals surface area contributed by atoms with Crippen LogP contribution >= 0.6 is 0 Å². The number of nitrogens with one attached hydrogen (secondary N) is 2. The Morgan fingerprint density at radius 2 is 1.49 bits per heavy atom. The molecule has 2 amide bonds. The molecule has 3 aromatic rings. The molecule has 35 heavy (non-hydrogen) atoms. The summed E-state index contributed by atoms with van der Waals surface area (Å²) in [5.74, 6) is -0.944. The van der Waals surface area contributed by atoms with Gasteiger partial charge in [-0.25, -0.2) is 10.2 Å². The third-order valence-corrected chi connectivity index (χ3v) is 4.66. The molecule has 0 aliphatic heterocycles. The minimum absolute atomic E-state index is 0.200. The van der Waals surface area contributed by atoms with E-state index in [1.165, 1.54) is 33.6 Å². The fourth-order valence-corrected chi connectivity index (χ4v) is 2.88. The molecule has 0 heterocycles. The Bertz CT molecular complexity index is 1240. The third-order valence-electron chi connectivity index (χ3n) is 4.66. The third kappa shape index (κ3) is 6.57. The van der Waals surface area contributed by atoms with Gasteiger partial charge < -0.3 is 24.3 Å². The van der Waals surface area contributed by atoms with Gasteiger partial charge in [-0.3, -0.25) is 9.59 Å². The fourth-order valence-electron chi connectivity index (χ4n) is 2.88. The highest BCUT2D eigenvalue weighted by Gasteiger charge is 2.15. The van der Waals surface area contributed by atoms with Crippen LogP contribution in [0.5, 0.6) is 23.0 Å². The van der Waals surface area contributed by atoms with E-state index < -0.39 is 17.8 Å². The van der Waals surface area contributed by atoms with Crippen molar-refractivity contribution in [2.24, 2.45) is 5.10 Å². The van der Waals surface area contributed by atoms with Crippen LogP contribution in [-0.4, -0.2) is 45.3 Å². The molecule has 0 aromatic heterocycles. The first-order valence-corrected chi connectivity index (χ1v) is 10.3. The number of rotatable bonds is 8. The van der Waals surface area contributed by atoms with Crippen molar-refractivity contribution in [1.29, 1.82) is 0 Å². The predicted molar refractivity (Wildman–Crippen MR) is 128 cm³/mol. The zero-order valence-electron chi connectivity index (χ0n) is 19.2. The number of amides is 2. The second-order valence-electron chi connectivity index (χ2n) is 6.88. The molecule has 3 rings (SSSR count). The van der Waals surface area contributed by atoms with Crippen LogP contribution < -0.4 is 29.7 Å². The van der Waals surface area contributed by atoms with Gasteiger partial charge in [-0.05, 0) is 60.2 Å². The quantitative estimate of drug-likeness (QED) is 0.168. The van der Waals surface area contributed by atoms with Gasteiger partial charge in [-0.2, -0.15) is 5.10 Å². The topological polar surface area (TPSA) is 125 Å². The van der Waals surface area contributed by atoms with E-state index in [0.717, 1.165) is 0 Å². The molecule has 0 aliphatic rings. The number of ether oxygens (including phenoxy) is 4. The lowest BCUT2D eigenvalue weighted by molar-refractivity contribution is -0.136. The number of para-hydroxylation sites is 2. The molecule has 10 heteroatoms. The summed E-state index contributed by atoms with van der Waals surface area (Å²) in [4.78, 5) is 36.5. The van der Waals surface area contributed by atoms with Crippen molar-refractivity contribution in [1.82, 2.24) is 5.43 Å². The van der Waals surface area contributed by atoms with Crippen molar-refractivity contribution in [3.8, 4) is 23.0 Å². The number of benzene rings is 3. The average molecular weight is 477 g/mol. The highest BCUT2D eigenvalue weighted by Crippen LogP contribution is 2.28. The highest BCUT2D eigenvalue weighted by atomic mass is 16.6. The molecular weight excluding hydrogens is 454 g/mol. The van der Waals surface area contributed by atoms with Crippen LogP contribution in [0.1, 0.15) is 15.9 Å². The zero-order valence-corrected chi connectivity index (χ0v) is 19.2. The number of methoxy groups -OCH3 is 3. The monoisotopic (exact) mass is 477 g/mol. The number of anilines is 1. The fraction of sp³-hybridized carbons (Fsp3) is 0.120. The van der Waals surface area contributed by atoms with Crippen molar-refractivity contribution < 1.29 is 33.3 Å². The first-order valence-electron chi connectivity index (χ1n) is 10.3. The molecule has 0 bridgehead atoms. The standard InChI is InChI=1S/C25H23N3O7/c1-32-18-11-9-17(10-12-18)25(31)35-21-13-8-16(14-22(21)34-3)15-26-28-24(30)23(29)27-19-6-4-5-7-20(19)33-2/h4-15H,1-3H3,(H,27,29)(H,28,30)/b26-15-.